The van der Waals surface area contributed by atoms with Gasteiger partial charge in [-0.05, 0) is 93.5 Å². The molecule has 1 aromatic heterocycles. The minimum Gasteiger partial charge on any atom is -0.494 e. The molecule has 3 aromatic rings. The van der Waals surface area contributed by atoms with Crippen LogP contribution in [0.1, 0.15) is 67.1 Å². The lowest BCUT2D eigenvalue weighted by atomic mass is 9.94. The van der Waals surface area contributed by atoms with Crippen molar-refractivity contribution in [1.29, 1.82) is 0 Å². The smallest absolute Gasteiger partial charge is 0.410 e. The van der Waals surface area contributed by atoms with Crippen LogP contribution in [0, 0.1) is 17.6 Å². The van der Waals surface area contributed by atoms with Gasteiger partial charge in [-0.2, -0.15) is 0 Å². The Labute approximate surface area is 232 Å². The van der Waals surface area contributed by atoms with Gasteiger partial charge in [0, 0.05) is 53.8 Å². The number of hydrogen-bond acceptors (Lipinski definition) is 5. The van der Waals surface area contributed by atoms with E-state index >= 15 is 0 Å². The third-order valence-corrected chi connectivity index (χ3v) is 7.14. The third-order valence-electron chi connectivity index (χ3n) is 7.14. The van der Waals surface area contributed by atoms with E-state index in [0.717, 1.165) is 25.3 Å². The molecule has 0 bridgehead atoms. The first-order valence-corrected chi connectivity index (χ1v) is 13.5. The second-order valence-corrected chi connectivity index (χ2v) is 11.2. The van der Waals surface area contributed by atoms with Gasteiger partial charge in [-0.25, -0.2) is 13.6 Å². The first-order chi connectivity index (χ1) is 19.1. The highest BCUT2D eigenvalue weighted by Gasteiger charge is 2.33. The summed E-state index contributed by atoms with van der Waals surface area (Å²) in [5.74, 6) is -0.710. The molecule has 0 unspecified atom stereocenters. The van der Waals surface area contributed by atoms with Crippen molar-refractivity contribution in [2.75, 3.05) is 19.7 Å². The molecule has 208 valence electrons. The Hall–Kier alpha value is -4.07. The number of Topliss-reactive ketones (excluding diaryl/α,β-unsaturated/α-hetero) is 1. The number of amides is 1. The number of benzene rings is 2. The van der Waals surface area contributed by atoms with Crippen molar-refractivity contribution in [2.24, 2.45) is 5.92 Å². The Morgan fingerprint density at radius 1 is 0.975 bits per heavy atom. The van der Waals surface area contributed by atoms with Crippen LogP contribution in [0.25, 0.3) is 11.1 Å². The molecule has 2 heterocycles. The van der Waals surface area contributed by atoms with Crippen molar-refractivity contribution in [3.8, 4) is 5.75 Å². The summed E-state index contributed by atoms with van der Waals surface area (Å²) in [5.41, 5.74) is 2.18. The maximum absolute atomic E-state index is 14.2. The van der Waals surface area contributed by atoms with Gasteiger partial charge in [0.1, 0.15) is 23.0 Å². The van der Waals surface area contributed by atoms with Crippen molar-refractivity contribution in [2.45, 2.75) is 45.6 Å². The first-order valence-electron chi connectivity index (χ1n) is 13.5. The number of nitrogens with zero attached hydrogens (tertiary/aromatic N) is 2. The molecule has 1 aliphatic heterocycles. The number of pyridine rings is 1. The van der Waals surface area contributed by atoms with Gasteiger partial charge in [-0.1, -0.05) is 6.07 Å². The molecule has 1 amide bonds. The van der Waals surface area contributed by atoms with E-state index in [1.807, 2.05) is 20.8 Å². The van der Waals surface area contributed by atoms with E-state index in [1.54, 1.807) is 47.6 Å². The zero-order valence-electron chi connectivity index (χ0n) is 22.9. The number of carbonyl (C=O) groups excluding carboxylic acids is 2. The summed E-state index contributed by atoms with van der Waals surface area (Å²) in [6.45, 7) is 7.35. The van der Waals surface area contributed by atoms with Crippen molar-refractivity contribution in [3.05, 3.63) is 94.8 Å². The minimum atomic E-state index is -0.717. The molecule has 1 aliphatic carbocycles. The number of hydrogen-bond donors (Lipinski definition) is 0. The molecule has 6 nitrogen and oxygen atoms in total. The Morgan fingerprint density at radius 2 is 1.70 bits per heavy atom. The molecule has 0 N–H and O–H groups in total. The topological polar surface area (TPSA) is 68.7 Å². The molecule has 2 aliphatic rings. The van der Waals surface area contributed by atoms with Crippen LogP contribution in [-0.2, 0) is 4.74 Å². The van der Waals surface area contributed by atoms with E-state index in [4.69, 9.17) is 9.47 Å². The van der Waals surface area contributed by atoms with Crippen LogP contribution in [0.5, 0.6) is 5.75 Å². The van der Waals surface area contributed by atoms with Gasteiger partial charge in [0.25, 0.3) is 0 Å². The van der Waals surface area contributed by atoms with Crippen LogP contribution in [0.2, 0.25) is 0 Å². The van der Waals surface area contributed by atoms with Crippen LogP contribution in [-0.4, -0.2) is 47.1 Å². The molecule has 1 saturated heterocycles. The summed E-state index contributed by atoms with van der Waals surface area (Å²) in [6.07, 6.45) is 5.46. The van der Waals surface area contributed by atoms with Crippen LogP contribution in [0.3, 0.4) is 0 Å². The van der Waals surface area contributed by atoms with Gasteiger partial charge in [-0.15, -0.1) is 0 Å². The number of likely N-dealkylation sites (tertiary alicyclic amines) is 1. The Morgan fingerprint density at radius 3 is 2.35 bits per heavy atom. The average Bonchev–Trinajstić information content (AvgIpc) is 3.20. The molecule has 40 heavy (non-hydrogen) atoms. The third kappa shape index (κ3) is 6.06. The monoisotopic (exact) mass is 546 g/mol. The maximum atomic E-state index is 14.2. The van der Waals surface area contributed by atoms with Gasteiger partial charge in [-0.3, -0.25) is 9.78 Å². The van der Waals surface area contributed by atoms with Crippen molar-refractivity contribution in [3.63, 3.8) is 0 Å². The summed E-state index contributed by atoms with van der Waals surface area (Å²) in [7, 11) is 0. The summed E-state index contributed by atoms with van der Waals surface area (Å²) in [6, 6.07) is 12.0. The lowest BCUT2D eigenvalue weighted by Crippen LogP contribution is -2.41. The van der Waals surface area contributed by atoms with Gasteiger partial charge in [0.2, 0.25) is 0 Å². The Balaban J connectivity index is 1.28. The fourth-order valence-corrected chi connectivity index (χ4v) is 5.26. The van der Waals surface area contributed by atoms with Crippen LogP contribution >= 0.6 is 0 Å². The predicted octanol–water partition coefficient (Wildman–Crippen LogP) is 6.93. The van der Waals surface area contributed by atoms with E-state index in [2.05, 4.69) is 4.98 Å². The zero-order valence-corrected chi connectivity index (χ0v) is 22.9. The van der Waals surface area contributed by atoms with Gasteiger partial charge >= 0.3 is 6.09 Å². The lowest BCUT2D eigenvalue weighted by Gasteiger charge is -2.33. The number of aromatic nitrogens is 1. The second-order valence-electron chi connectivity index (χ2n) is 11.2. The summed E-state index contributed by atoms with van der Waals surface area (Å²) >= 11 is 0. The standard InChI is InChI=1S/C32H32F2N2O4/c1-32(2,3)40-31(38)36-12-8-20(9-13-36)10-14-39-25-6-7-26-27(18-25)30(37)29(21-5-4-11-35-19-21)28(26)22-15-23(33)17-24(34)16-22/h4-7,11,15-20H,8-10,12-14H2,1-3H3. The molecule has 2 aromatic carbocycles. The highest BCUT2D eigenvalue weighted by molar-refractivity contribution is 6.41. The van der Waals surface area contributed by atoms with Crippen molar-refractivity contribution in [1.82, 2.24) is 9.88 Å². The van der Waals surface area contributed by atoms with Gasteiger partial charge in [0.05, 0.1) is 6.61 Å². The SMILES string of the molecule is CC(C)(C)OC(=O)N1CCC(CCOc2ccc3c(c2)C(=O)C(c2cccnc2)=C3c2cc(F)cc(F)c2)CC1. The zero-order chi connectivity index (χ0) is 28.4. The number of halogens is 2. The molecule has 5 rings (SSSR count). The summed E-state index contributed by atoms with van der Waals surface area (Å²) in [5, 5.41) is 0. The van der Waals surface area contributed by atoms with Crippen LogP contribution < -0.4 is 4.74 Å². The number of carbonyl (C=O) groups is 2. The number of piperidine rings is 1. The number of allylic oxidation sites excluding steroid dienone is 1. The quantitative estimate of drug-likeness (QED) is 0.335. The molecular formula is C32H32F2N2O4. The summed E-state index contributed by atoms with van der Waals surface area (Å²) < 4.78 is 39.8. The highest BCUT2D eigenvalue weighted by Crippen LogP contribution is 2.43. The number of fused-ring (bicyclic) bond motifs is 1. The number of ketones is 1. The minimum absolute atomic E-state index is 0.248. The fraction of sp³-hybridized carbons (Fsp3) is 0.344. The molecule has 1 fully saturated rings. The largest absolute Gasteiger partial charge is 0.494 e. The summed E-state index contributed by atoms with van der Waals surface area (Å²) in [4.78, 5) is 31.8. The molecule has 0 atom stereocenters. The van der Waals surface area contributed by atoms with Crippen LogP contribution in [0.4, 0.5) is 13.6 Å². The first kappa shape index (κ1) is 27.5. The van der Waals surface area contributed by atoms with Crippen LogP contribution in [0.15, 0.2) is 60.9 Å². The Kier molecular flexibility index (Phi) is 7.70. The predicted molar refractivity (Wildman–Crippen MR) is 148 cm³/mol. The number of rotatable bonds is 6. The molecule has 0 spiro atoms. The highest BCUT2D eigenvalue weighted by atomic mass is 19.1. The van der Waals surface area contributed by atoms with E-state index < -0.39 is 17.2 Å². The second kappa shape index (κ2) is 11.2. The van der Waals surface area contributed by atoms with E-state index in [9.17, 15) is 18.4 Å². The molecule has 8 heteroatoms. The van der Waals surface area contributed by atoms with Gasteiger partial charge in [0.15, 0.2) is 5.78 Å². The fourth-order valence-electron chi connectivity index (χ4n) is 5.26. The Bertz CT molecular complexity index is 1440. The van der Waals surface area contributed by atoms with Crippen molar-refractivity contribution >= 4 is 23.0 Å². The molecule has 0 saturated carbocycles. The number of ether oxygens (including phenoxy) is 2. The normalized spacial score (nSPS) is 15.8. The molecular weight excluding hydrogens is 514 g/mol. The van der Waals surface area contributed by atoms with E-state index in [-0.39, 0.29) is 17.4 Å². The van der Waals surface area contributed by atoms with E-state index in [0.29, 0.717) is 59.2 Å². The van der Waals surface area contributed by atoms with Gasteiger partial charge < -0.3 is 14.4 Å². The molecule has 0 radical (unpaired) electrons. The maximum Gasteiger partial charge on any atom is 0.410 e. The lowest BCUT2D eigenvalue weighted by molar-refractivity contribution is 0.0177. The average molecular weight is 547 g/mol. The van der Waals surface area contributed by atoms with Crippen molar-refractivity contribution < 1.29 is 27.8 Å². The van der Waals surface area contributed by atoms with E-state index in [1.165, 1.54) is 12.1 Å².